The minimum atomic E-state index is -0.810. The molecule has 1 unspecified atom stereocenters. The van der Waals surface area contributed by atoms with Crippen molar-refractivity contribution in [3.05, 3.63) is 55.7 Å². The molecule has 3 rings (SSSR count). The number of rotatable bonds is 4. The van der Waals surface area contributed by atoms with E-state index in [0.717, 1.165) is 17.3 Å². The van der Waals surface area contributed by atoms with Crippen LogP contribution < -0.4 is 5.32 Å². The Morgan fingerprint density at radius 2 is 1.92 bits per heavy atom. The number of nitrogens with one attached hydrogen (secondary N) is 1. The predicted octanol–water partition coefficient (Wildman–Crippen LogP) is 4.03. The zero-order chi connectivity index (χ0) is 17.1. The number of carbonyl (C=O) groups excluding carboxylic acids is 2. The second-order valence-electron chi connectivity index (χ2n) is 5.75. The molecule has 1 heterocycles. The molecule has 24 heavy (non-hydrogen) atoms. The molecule has 0 radical (unpaired) electrons. The van der Waals surface area contributed by atoms with Crippen LogP contribution in [0.3, 0.4) is 0 Å². The fraction of sp³-hybridized carbons (Fsp3) is 0.333. The molecular formula is C18H18BrNO3S. The van der Waals surface area contributed by atoms with Crippen molar-refractivity contribution < 1.29 is 14.3 Å². The zero-order valence-electron chi connectivity index (χ0n) is 13.3. The van der Waals surface area contributed by atoms with Gasteiger partial charge in [0.1, 0.15) is 0 Å². The molecule has 4 nitrogen and oxygen atoms in total. The highest BCUT2D eigenvalue weighted by molar-refractivity contribution is 9.10. The van der Waals surface area contributed by atoms with Gasteiger partial charge < -0.3 is 10.1 Å². The predicted molar refractivity (Wildman–Crippen MR) is 97.3 cm³/mol. The Hall–Kier alpha value is -1.66. The van der Waals surface area contributed by atoms with Crippen LogP contribution in [0.2, 0.25) is 0 Å². The average molecular weight is 408 g/mol. The summed E-state index contributed by atoms with van der Waals surface area (Å²) >= 11 is 4.90. The lowest BCUT2D eigenvalue weighted by atomic mass is 9.99. The van der Waals surface area contributed by atoms with Crippen LogP contribution in [0.15, 0.2) is 34.8 Å². The number of esters is 1. The average Bonchev–Trinajstić information content (AvgIpc) is 3.04. The molecule has 2 aromatic rings. The number of hydrogen-bond acceptors (Lipinski definition) is 4. The molecule has 1 N–H and O–H groups in total. The number of carbonyl (C=O) groups is 2. The topological polar surface area (TPSA) is 55.4 Å². The van der Waals surface area contributed by atoms with E-state index in [2.05, 4.69) is 21.2 Å². The lowest BCUT2D eigenvalue weighted by molar-refractivity contribution is -0.143. The normalized spacial score (nSPS) is 14.6. The number of halogens is 1. The largest absolute Gasteiger partial charge is 0.467 e. The number of methoxy groups -OCH3 is 1. The van der Waals surface area contributed by atoms with Crippen LogP contribution in [0.25, 0.3) is 0 Å². The lowest BCUT2D eigenvalue weighted by Gasteiger charge is -2.16. The first kappa shape index (κ1) is 17.2. The van der Waals surface area contributed by atoms with E-state index in [9.17, 15) is 9.59 Å². The van der Waals surface area contributed by atoms with Crippen LogP contribution in [0, 0.1) is 0 Å². The first-order valence-electron chi connectivity index (χ1n) is 7.84. The van der Waals surface area contributed by atoms with E-state index >= 15 is 0 Å². The van der Waals surface area contributed by atoms with Crippen LogP contribution in [-0.2, 0) is 22.4 Å². The molecule has 1 amide bonds. The first-order chi connectivity index (χ1) is 11.6. The summed E-state index contributed by atoms with van der Waals surface area (Å²) in [4.78, 5) is 26.7. The summed E-state index contributed by atoms with van der Waals surface area (Å²) in [6, 6.07) is 8.42. The van der Waals surface area contributed by atoms with Gasteiger partial charge in [0.05, 0.1) is 12.0 Å². The van der Waals surface area contributed by atoms with Crippen molar-refractivity contribution in [2.75, 3.05) is 7.11 Å². The molecule has 1 atom stereocenters. The Morgan fingerprint density at radius 3 is 2.58 bits per heavy atom. The fourth-order valence-electron chi connectivity index (χ4n) is 2.86. The molecule has 1 aliphatic carbocycles. The van der Waals surface area contributed by atoms with E-state index in [1.54, 1.807) is 12.1 Å². The Bertz CT molecular complexity index is 731. The van der Waals surface area contributed by atoms with Gasteiger partial charge in [0.2, 0.25) is 0 Å². The number of amides is 1. The van der Waals surface area contributed by atoms with Gasteiger partial charge in [-0.2, -0.15) is 0 Å². The van der Waals surface area contributed by atoms with E-state index in [0.29, 0.717) is 10.4 Å². The maximum atomic E-state index is 12.6. The SMILES string of the molecule is COC(=O)C(NC(=O)c1cc2c(s1)CCCC2)c1ccc(Br)cc1. The van der Waals surface area contributed by atoms with Crippen molar-refractivity contribution in [1.29, 1.82) is 0 Å². The summed E-state index contributed by atoms with van der Waals surface area (Å²) in [5.41, 5.74) is 1.97. The standard InChI is InChI=1S/C18H18BrNO3S/c1-23-18(22)16(11-6-8-13(19)9-7-11)20-17(21)15-10-12-4-2-3-5-14(12)24-15/h6-10,16H,2-5H2,1H3,(H,20,21). The first-order valence-corrected chi connectivity index (χ1v) is 9.45. The van der Waals surface area contributed by atoms with E-state index in [-0.39, 0.29) is 5.91 Å². The summed E-state index contributed by atoms with van der Waals surface area (Å²) in [5.74, 6) is -0.709. The minimum Gasteiger partial charge on any atom is -0.467 e. The number of hydrogen-bond donors (Lipinski definition) is 1. The number of fused-ring (bicyclic) bond motifs is 1. The molecule has 0 saturated carbocycles. The van der Waals surface area contributed by atoms with E-state index in [1.165, 1.54) is 41.7 Å². The molecule has 1 aromatic carbocycles. The Balaban J connectivity index is 1.81. The Labute approximate surface area is 153 Å². The van der Waals surface area contributed by atoms with Gasteiger partial charge in [-0.05, 0) is 55.0 Å². The van der Waals surface area contributed by atoms with Crippen LogP contribution in [-0.4, -0.2) is 19.0 Å². The van der Waals surface area contributed by atoms with Gasteiger partial charge in [-0.15, -0.1) is 11.3 Å². The van der Waals surface area contributed by atoms with Gasteiger partial charge in [0.15, 0.2) is 6.04 Å². The third-order valence-electron chi connectivity index (χ3n) is 4.14. The van der Waals surface area contributed by atoms with Crippen LogP contribution >= 0.6 is 27.3 Å². The number of thiophene rings is 1. The van der Waals surface area contributed by atoms with Gasteiger partial charge in [-0.25, -0.2) is 4.79 Å². The zero-order valence-corrected chi connectivity index (χ0v) is 15.7. The van der Waals surface area contributed by atoms with E-state index in [4.69, 9.17) is 4.74 Å². The van der Waals surface area contributed by atoms with Gasteiger partial charge in [-0.3, -0.25) is 4.79 Å². The maximum absolute atomic E-state index is 12.6. The van der Waals surface area contributed by atoms with E-state index in [1.807, 2.05) is 18.2 Å². The Kier molecular flexibility index (Phi) is 5.36. The number of aryl methyl sites for hydroxylation is 2. The summed E-state index contributed by atoms with van der Waals surface area (Å²) in [6.07, 6.45) is 4.43. The van der Waals surface area contributed by atoms with Crippen LogP contribution in [0.5, 0.6) is 0 Å². The van der Waals surface area contributed by atoms with Gasteiger partial charge in [0, 0.05) is 9.35 Å². The number of benzene rings is 1. The van der Waals surface area contributed by atoms with Gasteiger partial charge in [-0.1, -0.05) is 28.1 Å². The quantitative estimate of drug-likeness (QED) is 0.778. The molecule has 0 fully saturated rings. The molecule has 126 valence electrons. The molecule has 0 spiro atoms. The summed E-state index contributed by atoms with van der Waals surface area (Å²) in [5, 5.41) is 2.81. The second kappa shape index (κ2) is 7.49. The van der Waals surface area contributed by atoms with Crippen molar-refractivity contribution in [1.82, 2.24) is 5.32 Å². The highest BCUT2D eigenvalue weighted by Crippen LogP contribution is 2.30. The van der Waals surface area contributed by atoms with Crippen molar-refractivity contribution in [3.8, 4) is 0 Å². The van der Waals surface area contributed by atoms with Gasteiger partial charge >= 0.3 is 5.97 Å². The van der Waals surface area contributed by atoms with Gasteiger partial charge in [0.25, 0.3) is 5.91 Å². The van der Waals surface area contributed by atoms with Crippen molar-refractivity contribution >= 4 is 39.1 Å². The van der Waals surface area contributed by atoms with E-state index < -0.39 is 12.0 Å². The van der Waals surface area contributed by atoms with Crippen LogP contribution in [0.4, 0.5) is 0 Å². The third kappa shape index (κ3) is 3.70. The summed E-state index contributed by atoms with van der Waals surface area (Å²) in [6.45, 7) is 0. The molecule has 0 aliphatic heterocycles. The number of ether oxygens (including phenoxy) is 1. The lowest BCUT2D eigenvalue weighted by Crippen LogP contribution is -2.34. The highest BCUT2D eigenvalue weighted by atomic mass is 79.9. The highest BCUT2D eigenvalue weighted by Gasteiger charge is 2.25. The summed E-state index contributed by atoms with van der Waals surface area (Å²) < 4.78 is 5.76. The molecule has 0 bridgehead atoms. The third-order valence-corrected chi connectivity index (χ3v) is 5.90. The molecule has 1 aliphatic rings. The Morgan fingerprint density at radius 1 is 1.21 bits per heavy atom. The monoisotopic (exact) mass is 407 g/mol. The molecule has 6 heteroatoms. The molecular weight excluding hydrogens is 390 g/mol. The molecule has 0 saturated heterocycles. The van der Waals surface area contributed by atoms with Crippen molar-refractivity contribution in [2.45, 2.75) is 31.7 Å². The minimum absolute atomic E-state index is 0.229. The van der Waals surface area contributed by atoms with Crippen LogP contribution in [0.1, 0.15) is 44.6 Å². The summed E-state index contributed by atoms with van der Waals surface area (Å²) in [7, 11) is 1.32. The second-order valence-corrected chi connectivity index (χ2v) is 7.80. The fourth-order valence-corrected chi connectivity index (χ4v) is 4.28. The smallest absolute Gasteiger partial charge is 0.333 e. The maximum Gasteiger partial charge on any atom is 0.333 e. The van der Waals surface area contributed by atoms with Crippen molar-refractivity contribution in [3.63, 3.8) is 0 Å². The van der Waals surface area contributed by atoms with Crippen molar-refractivity contribution in [2.24, 2.45) is 0 Å². The molecule has 1 aromatic heterocycles.